The van der Waals surface area contributed by atoms with Crippen LogP contribution < -0.4 is 0 Å². The maximum Gasteiger partial charge on any atom is 0.179 e. The van der Waals surface area contributed by atoms with Crippen LogP contribution in [0.1, 0.15) is 13.3 Å². The number of nitriles is 1. The van der Waals surface area contributed by atoms with Crippen LogP contribution >= 0.6 is 0 Å². The minimum absolute atomic E-state index is 0.830. The zero-order valence-electron chi connectivity index (χ0n) is 5.59. The summed E-state index contributed by atoms with van der Waals surface area (Å²) in [5.74, 6) is 0. The standard InChI is InChI=1S/C7H10N2/c1-7-3-2-4-9(5-7)6-8/h3H,2,4-5H2,1H3. The van der Waals surface area contributed by atoms with Crippen molar-refractivity contribution in [3.05, 3.63) is 11.6 Å². The zero-order chi connectivity index (χ0) is 6.69. The average Bonchev–Trinajstić information content (AvgIpc) is 1.88. The molecule has 1 aliphatic rings. The summed E-state index contributed by atoms with van der Waals surface area (Å²) in [6.45, 7) is 3.79. The van der Waals surface area contributed by atoms with Gasteiger partial charge in [-0.25, -0.2) is 0 Å². The van der Waals surface area contributed by atoms with Gasteiger partial charge in [0.2, 0.25) is 0 Å². The Morgan fingerprint density at radius 2 is 2.56 bits per heavy atom. The third-order valence-electron chi connectivity index (χ3n) is 1.47. The Kier molecular flexibility index (Phi) is 1.74. The molecular formula is C7H10N2. The lowest BCUT2D eigenvalue weighted by atomic mass is 10.1. The minimum Gasteiger partial charge on any atom is -0.306 e. The van der Waals surface area contributed by atoms with Gasteiger partial charge in [-0.1, -0.05) is 11.6 Å². The molecule has 1 rings (SSSR count). The molecule has 0 bridgehead atoms. The van der Waals surface area contributed by atoms with E-state index in [0.29, 0.717) is 0 Å². The average molecular weight is 122 g/mol. The van der Waals surface area contributed by atoms with Crippen molar-refractivity contribution in [2.24, 2.45) is 0 Å². The molecule has 0 fully saturated rings. The van der Waals surface area contributed by atoms with Gasteiger partial charge in [-0.15, -0.1) is 0 Å². The maximum absolute atomic E-state index is 8.46. The first kappa shape index (κ1) is 6.15. The molecule has 48 valence electrons. The van der Waals surface area contributed by atoms with E-state index in [1.54, 1.807) is 4.90 Å². The molecule has 0 N–H and O–H groups in total. The second kappa shape index (κ2) is 2.54. The van der Waals surface area contributed by atoms with Gasteiger partial charge < -0.3 is 4.90 Å². The van der Waals surface area contributed by atoms with Gasteiger partial charge in [0.05, 0.1) is 0 Å². The molecule has 0 aromatic heterocycles. The Labute approximate surface area is 55.4 Å². The normalized spacial score (nSPS) is 18.7. The van der Waals surface area contributed by atoms with Crippen LogP contribution in [0, 0.1) is 11.5 Å². The van der Waals surface area contributed by atoms with Crippen LogP contribution in [0.15, 0.2) is 11.6 Å². The van der Waals surface area contributed by atoms with Gasteiger partial charge in [0, 0.05) is 13.1 Å². The third-order valence-corrected chi connectivity index (χ3v) is 1.47. The molecule has 9 heavy (non-hydrogen) atoms. The quantitative estimate of drug-likeness (QED) is 0.355. The van der Waals surface area contributed by atoms with Gasteiger partial charge in [-0.2, -0.15) is 5.26 Å². The first-order chi connectivity index (χ1) is 4.33. The molecule has 0 aromatic rings. The van der Waals surface area contributed by atoms with Gasteiger partial charge in [0.15, 0.2) is 6.19 Å². The van der Waals surface area contributed by atoms with Crippen molar-refractivity contribution in [3.8, 4) is 6.19 Å². The number of rotatable bonds is 0. The second-order valence-electron chi connectivity index (χ2n) is 2.36. The molecule has 2 nitrogen and oxygen atoms in total. The fourth-order valence-electron chi connectivity index (χ4n) is 0.997. The second-order valence-corrected chi connectivity index (χ2v) is 2.36. The van der Waals surface area contributed by atoms with Gasteiger partial charge in [-0.05, 0) is 13.3 Å². The molecule has 0 aromatic carbocycles. The summed E-state index contributed by atoms with van der Waals surface area (Å²) >= 11 is 0. The third kappa shape index (κ3) is 1.46. The highest BCUT2D eigenvalue weighted by Crippen LogP contribution is 2.06. The van der Waals surface area contributed by atoms with E-state index in [9.17, 15) is 0 Å². The lowest BCUT2D eigenvalue weighted by molar-refractivity contribution is 0.414. The van der Waals surface area contributed by atoms with E-state index in [2.05, 4.69) is 19.2 Å². The number of nitrogens with zero attached hydrogens (tertiary/aromatic N) is 2. The predicted octanol–water partition coefficient (Wildman–Crippen LogP) is 1.12. The fraction of sp³-hybridized carbons (Fsp3) is 0.571. The molecule has 1 aliphatic heterocycles. The maximum atomic E-state index is 8.46. The smallest absolute Gasteiger partial charge is 0.179 e. The highest BCUT2D eigenvalue weighted by molar-refractivity contribution is 5.06. The first-order valence-corrected chi connectivity index (χ1v) is 3.13. The van der Waals surface area contributed by atoms with E-state index in [4.69, 9.17) is 5.26 Å². The largest absolute Gasteiger partial charge is 0.306 e. The summed E-state index contributed by atoms with van der Waals surface area (Å²) in [6.07, 6.45) is 5.34. The minimum atomic E-state index is 0.830. The molecular weight excluding hydrogens is 112 g/mol. The highest BCUT2D eigenvalue weighted by atomic mass is 15.1. The lowest BCUT2D eigenvalue weighted by Gasteiger charge is -2.19. The van der Waals surface area contributed by atoms with Crippen molar-refractivity contribution in [2.45, 2.75) is 13.3 Å². The Balaban J connectivity index is 2.51. The molecule has 0 unspecified atom stereocenters. The Morgan fingerprint density at radius 1 is 1.78 bits per heavy atom. The molecule has 2 heteroatoms. The van der Waals surface area contributed by atoms with Crippen LogP contribution in [0.2, 0.25) is 0 Å². The number of hydrogen-bond donors (Lipinski definition) is 0. The summed E-state index contributed by atoms with van der Waals surface area (Å²) in [4.78, 5) is 1.77. The zero-order valence-corrected chi connectivity index (χ0v) is 5.59. The van der Waals surface area contributed by atoms with Crippen LogP contribution in [-0.4, -0.2) is 18.0 Å². The van der Waals surface area contributed by atoms with E-state index >= 15 is 0 Å². The summed E-state index contributed by atoms with van der Waals surface area (Å²) in [5.41, 5.74) is 1.31. The summed E-state index contributed by atoms with van der Waals surface area (Å²) < 4.78 is 0. The van der Waals surface area contributed by atoms with Gasteiger partial charge in [0.25, 0.3) is 0 Å². The van der Waals surface area contributed by atoms with Gasteiger partial charge >= 0.3 is 0 Å². The Hall–Kier alpha value is -0.970. The van der Waals surface area contributed by atoms with Gasteiger partial charge in [0.1, 0.15) is 0 Å². The van der Waals surface area contributed by atoms with E-state index < -0.39 is 0 Å². The molecule has 0 atom stereocenters. The van der Waals surface area contributed by atoms with Crippen molar-refractivity contribution < 1.29 is 0 Å². The van der Waals surface area contributed by atoms with Crippen LogP contribution in [0.3, 0.4) is 0 Å². The molecule has 0 spiro atoms. The summed E-state index contributed by atoms with van der Waals surface area (Å²) in [7, 11) is 0. The fourth-order valence-corrected chi connectivity index (χ4v) is 0.997. The molecule has 1 heterocycles. The molecule has 0 saturated heterocycles. The van der Waals surface area contributed by atoms with Crippen molar-refractivity contribution in [2.75, 3.05) is 13.1 Å². The predicted molar refractivity (Wildman–Crippen MR) is 35.6 cm³/mol. The lowest BCUT2D eigenvalue weighted by Crippen LogP contribution is -2.23. The molecule has 0 amide bonds. The first-order valence-electron chi connectivity index (χ1n) is 3.13. The van der Waals surface area contributed by atoms with Crippen molar-refractivity contribution >= 4 is 0 Å². The Bertz CT molecular complexity index is 164. The Morgan fingerprint density at radius 3 is 3.00 bits per heavy atom. The summed E-state index contributed by atoms with van der Waals surface area (Å²) in [6, 6.07) is 0. The van der Waals surface area contributed by atoms with Crippen molar-refractivity contribution in [1.82, 2.24) is 4.90 Å². The SMILES string of the molecule is CC1=CCCN(C#N)C1. The van der Waals surface area contributed by atoms with E-state index in [-0.39, 0.29) is 0 Å². The monoisotopic (exact) mass is 122 g/mol. The van der Waals surface area contributed by atoms with Crippen LogP contribution in [0.25, 0.3) is 0 Å². The van der Waals surface area contributed by atoms with E-state index in [0.717, 1.165) is 19.5 Å². The van der Waals surface area contributed by atoms with Crippen LogP contribution in [-0.2, 0) is 0 Å². The van der Waals surface area contributed by atoms with E-state index in [1.807, 2.05) is 0 Å². The molecule has 0 radical (unpaired) electrons. The van der Waals surface area contributed by atoms with Crippen molar-refractivity contribution in [3.63, 3.8) is 0 Å². The highest BCUT2D eigenvalue weighted by Gasteiger charge is 2.05. The van der Waals surface area contributed by atoms with Crippen LogP contribution in [0.4, 0.5) is 0 Å². The number of hydrogen-bond acceptors (Lipinski definition) is 2. The molecule has 0 saturated carbocycles. The van der Waals surface area contributed by atoms with E-state index in [1.165, 1.54) is 5.57 Å². The van der Waals surface area contributed by atoms with Crippen molar-refractivity contribution in [1.29, 1.82) is 5.26 Å². The summed E-state index contributed by atoms with van der Waals surface area (Å²) in [5, 5.41) is 8.46. The topological polar surface area (TPSA) is 27.0 Å². The molecule has 0 aliphatic carbocycles. The van der Waals surface area contributed by atoms with Gasteiger partial charge in [-0.3, -0.25) is 0 Å². The van der Waals surface area contributed by atoms with Crippen LogP contribution in [0.5, 0.6) is 0 Å².